The van der Waals surface area contributed by atoms with Gasteiger partial charge in [-0.3, -0.25) is 0 Å². The van der Waals surface area contributed by atoms with Crippen LogP contribution >= 0.6 is 0 Å². The van der Waals surface area contributed by atoms with Crippen molar-refractivity contribution in [3.05, 3.63) is 52.3 Å². The number of esters is 1. The fourth-order valence-corrected chi connectivity index (χ4v) is 2.40. The molecular weight excluding hydrogens is 405 g/mol. The molecule has 0 aliphatic carbocycles. The Morgan fingerprint density at radius 2 is 1.67 bits per heavy atom. The molecule has 0 aromatic heterocycles. The first-order valence-electron chi connectivity index (χ1n) is 8.51. The number of halogens is 3. The molecule has 0 amide bonds. The number of carbonyl (C=O) groups excluding carboxylic acids is 1. The third kappa shape index (κ3) is 4.45. The Morgan fingerprint density at radius 1 is 1.00 bits per heavy atom. The van der Waals surface area contributed by atoms with Gasteiger partial charge in [-0.1, -0.05) is 6.07 Å². The number of para-hydroxylation sites is 1. The normalized spacial score (nSPS) is 10.1. The molecule has 0 aliphatic heterocycles. The summed E-state index contributed by atoms with van der Waals surface area (Å²) < 4.78 is 63.4. The molecule has 156 valence electrons. The maximum absolute atomic E-state index is 14.6. The fourth-order valence-electron chi connectivity index (χ4n) is 2.40. The van der Waals surface area contributed by atoms with Gasteiger partial charge in [-0.2, -0.15) is 14.9 Å². The van der Waals surface area contributed by atoms with Crippen LogP contribution in [0.25, 0.3) is 0 Å². The zero-order valence-electron chi connectivity index (χ0n) is 15.9. The van der Waals surface area contributed by atoms with Crippen LogP contribution in [-0.4, -0.2) is 32.9 Å². The molecule has 0 atom stereocenters. The Morgan fingerprint density at radius 3 is 2.27 bits per heavy atom. The number of rotatable bonds is 8. The second-order valence-electron chi connectivity index (χ2n) is 5.52. The maximum Gasteiger partial charge on any atom is 0.342 e. The number of hydrogen-bond acceptors (Lipinski definition) is 7. The van der Waals surface area contributed by atoms with E-state index in [9.17, 15) is 18.0 Å². The average Bonchev–Trinajstić information content (AvgIpc) is 2.76. The van der Waals surface area contributed by atoms with Crippen molar-refractivity contribution in [2.45, 2.75) is 6.92 Å². The van der Waals surface area contributed by atoms with Crippen LogP contribution in [0.4, 0.5) is 13.2 Å². The molecule has 0 bridgehead atoms. The lowest BCUT2D eigenvalue weighted by molar-refractivity contribution is 0.0332. The van der Waals surface area contributed by atoms with Gasteiger partial charge < -0.3 is 18.9 Å². The van der Waals surface area contributed by atoms with Crippen molar-refractivity contribution in [2.75, 3.05) is 26.9 Å². The molecule has 7 nitrogen and oxygen atoms in total. The summed E-state index contributed by atoms with van der Waals surface area (Å²) in [5, 5.41) is 17.9. The fraction of sp³-hybridized carbons (Fsp3) is 0.250. The lowest BCUT2D eigenvalue weighted by Crippen LogP contribution is -2.13. The Kier molecular flexibility index (Phi) is 7.62. The van der Waals surface area contributed by atoms with Crippen LogP contribution in [0.3, 0.4) is 0 Å². The number of benzene rings is 2. The molecule has 10 heteroatoms. The van der Waals surface area contributed by atoms with Crippen LogP contribution in [-0.2, 0) is 9.47 Å². The van der Waals surface area contributed by atoms with E-state index < -0.39 is 46.0 Å². The van der Waals surface area contributed by atoms with Crippen molar-refractivity contribution in [3.8, 4) is 29.4 Å². The minimum atomic E-state index is -1.84. The van der Waals surface area contributed by atoms with Gasteiger partial charge in [0, 0.05) is 6.61 Å². The van der Waals surface area contributed by atoms with Crippen molar-refractivity contribution >= 4 is 5.97 Å². The highest BCUT2D eigenvalue weighted by molar-refractivity contribution is 5.93. The van der Waals surface area contributed by atoms with E-state index in [2.05, 4.69) is 0 Å². The second kappa shape index (κ2) is 10.1. The third-order valence-electron chi connectivity index (χ3n) is 3.79. The molecular formula is C20H15F3N2O5. The Labute approximate surface area is 169 Å². The highest BCUT2D eigenvalue weighted by Gasteiger charge is 2.29. The molecule has 0 saturated carbocycles. The average molecular weight is 420 g/mol. The molecule has 0 N–H and O–H groups in total. The highest BCUT2D eigenvalue weighted by Crippen LogP contribution is 2.39. The highest BCUT2D eigenvalue weighted by atomic mass is 19.2. The zero-order valence-corrected chi connectivity index (χ0v) is 15.9. The molecule has 0 unspecified atom stereocenters. The van der Waals surface area contributed by atoms with Gasteiger partial charge in [-0.25, -0.2) is 13.6 Å². The number of nitriles is 2. The SMILES string of the molecule is CCOCCOC(=O)c1cccc(OC)c1Oc1c(F)c(F)c(C#N)c(C#N)c1F. The van der Waals surface area contributed by atoms with Gasteiger partial charge in [0.2, 0.25) is 11.6 Å². The molecule has 0 fully saturated rings. The summed E-state index contributed by atoms with van der Waals surface area (Å²) in [7, 11) is 1.21. The minimum Gasteiger partial charge on any atom is -0.493 e. The summed E-state index contributed by atoms with van der Waals surface area (Å²) in [6, 6.07) is 6.49. The van der Waals surface area contributed by atoms with E-state index >= 15 is 0 Å². The van der Waals surface area contributed by atoms with Gasteiger partial charge in [0.15, 0.2) is 23.1 Å². The molecule has 0 heterocycles. The number of ether oxygens (including phenoxy) is 4. The van der Waals surface area contributed by atoms with Crippen LogP contribution in [0.15, 0.2) is 18.2 Å². The van der Waals surface area contributed by atoms with Crippen molar-refractivity contribution in [3.63, 3.8) is 0 Å². The first kappa shape index (κ1) is 22.5. The van der Waals surface area contributed by atoms with Crippen molar-refractivity contribution < 1.29 is 36.9 Å². The Bertz CT molecular complexity index is 1040. The predicted octanol–water partition coefficient (Wildman–Crippen LogP) is 3.84. The van der Waals surface area contributed by atoms with E-state index in [0.717, 1.165) is 0 Å². The van der Waals surface area contributed by atoms with Gasteiger partial charge in [0.25, 0.3) is 0 Å². The maximum atomic E-state index is 14.6. The standard InChI is InChI=1S/C20H15F3N2O5/c1-3-28-7-8-29-20(26)11-5-4-6-14(27-2)18(11)30-19-16(22)13(10-25)12(9-24)15(21)17(19)23/h4-6H,3,7-8H2,1-2H3. The van der Waals surface area contributed by atoms with Crippen LogP contribution < -0.4 is 9.47 Å². The number of nitrogens with zero attached hydrogens (tertiary/aromatic N) is 2. The topological polar surface area (TPSA) is 102 Å². The van der Waals surface area contributed by atoms with Crippen LogP contribution in [0.1, 0.15) is 28.4 Å². The van der Waals surface area contributed by atoms with Crippen LogP contribution in [0.2, 0.25) is 0 Å². The number of hydrogen-bond donors (Lipinski definition) is 0. The van der Waals surface area contributed by atoms with Gasteiger partial charge in [0.1, 0.15) is 35.4 Å². The minimum absolute atomic E-state index is 0.101. The first-order valence-corrected chi connectivity index (χ1v) is 8.51. The van der Waals surface area contributed by atoms with E-state index in [0.29, 0.717) is 6.61 Å². The van der Waals surface area contributed by atoms with Gasteiger partial charge >= 0.3 is 5.97 Å². The van der Waals surface area contributed by atoms with E-state index in [4.69, 9.17) is 29.5 Å². The number of methoxy groups -OCH3 is 1. The lowest BCUT2D eigenvalue weighted by Gasteiger charge is -2.16. The Balaban J connectivity index is 2.54. The molecule has 0 aliphatic rings. The van der Waals surface area contributed by atoms with Crippen molar-refractivity contribution in [2.24, 2.45) is 0 Å². The summed E-state index contributed by atoms with van der Waals surface area (Å²) in [5.74, 6) is -8.01. The molecule has 2 aromatic rings. The first-order chi connectivity index (χ1) is 14.4. The van der Waals surface area contributed by atoms with E-state index in [1.807, 2.05) is 0 Å². The summed E-state index contributed by atoms with van der Waals surface area (Å²) in [5.41, 5.74) is -2.41. The predicted molar refractivity (Wildman–Crippen MR) is 95.6 cm³/mol. The summed E-state index contributed by atoms with van der Waals surface area (Å²) in [6.07, 6.45) is 0. The molecule has 30 heavy (non-hydrogen) atoms. The summed E-state index contributed by atoms with van der Waals surface area (Å²) in [6.45, 7) is 2.19. The summed E-state index contributed by atoms with van der Waals surface area (Å²) >= 11 is 0. The van der Waals surface area contributed by atoms with Gasteiger partial charge in [-0.05, 0) is 19.1 Å². The molecule has 0 saturated heterocycles. The van der Waals surface area contributed by atoms with E-state index in [-0.39, 0.29) is 24.5 Å². The zero-order chi connectivity index (χ0) is 22.3. The third-order valence-corrected chi connectivity index (χ3v) is 3.79. The monoisotopic (exact) mass is 420 g/mol. The summed E-state index contributed by atoms with van der Waals surface area (Å²) in [4.78, 5) is 12.4. The molecule has 0 spiro atoms. The molecule has 0 radical (unpaired) electrons. The van der Waals surface area contributed by atoms with E-state index in [1.54, 1.807) is 6.92 Å². The Hall–Kier alpha value is -3.76. The quantitative estimate of drug-likeness (QED) is 0.363. The molecule has 2 rings (SSSR count). The lowest BCUT2D eigenvalue weighted by atomic mass is 10.1. The van der Waals surface area contributed by atoms with E-state index in [1.165, 1.54) is 37.4 Å². The van der Waals surface area contributed by atoms with Gasteiger partial charge in [-0.15, -0.1) is 0 Å². The van der Waals surface area contributed by atoms with Crippen LogP contribution in [0.5, 0.6) is 17.2 Å². The van der Waals surface area contributed by atoms with Crippen molar-refractivity contribution in [1.29, 1.82) is 10.5 Å². The smallest absolute Gasteiger partial charge is 0.342 e. The second-order valence-corrected chi connectivity index (χ2v) is 5.52. The largest absolute Gasteiger partial charge is 0.493 e. The van der Waals surface area contributed by atoms with Gasteiger partial charge in [0.05, 0.1) is 13.7 Å². The molecule has 2 aromatic carbocycles. The number of carbonyl (C=O) groups is 1. The van der Waals surface area contributed by atoms with Crippen LogP contribution in [0, 0.1) is 40.1 Å². The van der Waals surface area contributed by atoms with Crippen molar-refractivity contribution in [1.82, 2.24) is 0 Å².